The Hall–Kier alpha value is -1.92. The Labute approximate surface area is 127 Å². The number of hydrogen-bond donors (Lipinski definition) is 1. The van der Waals surface area contributed by atoms with Gasteiger partial charge < -0.3 is 9.51 Å². The molecule has 0 aliphatic carbocycles. The Bertz CT molecular complexity index is 931. The normalized spacial score (nSPS) is 11.3. The number of fused-ring (bicyclic) bond motifs is 3. The van der Waals surface area contributed by atoms with Crippen LogP contribution in [0.4, 0.5) is 4.39 Å². The van der Waals surface area contributed by atoms with Crippen molar-refractivity contribution in [2.24, 2.45) is 0 Å². The number of aryl methyl sites for hydroxylation is 1. The van der Waals surface area contributed by atoms with Crippen LogP contribution in [-0.4, -0.2) is 21.4 Å². The summed E-state index contributed by atoms with van der Waals surface area (Å²) in [6.07, 6.45) is 2.00. The summed E-state index contributed by atoms with van der Waals surface area (Å²) in [6.45, 7) is 0. The van der Waals surface area contributed by atoms with Gasteiger partial charge in [0.2, 0.25) is 5.43 Å². The predicted molar refractivity (Wildman–Crippen MR) is 80.4 cm³/mol. The summed E-state index contributed by atoms with van der Waals surface area (Å²) in [5.41, 5.74) is -0.110. The standard InChI is InChI=1S/C14H9ClFNO3S/c15-2-1-7-5-10-8(6-9(7)16)12(18)11(14(19)20)13-17(10)3-4-21-13/h3-6H,1-2H2,(H,19,20). The van der Waals surface area contributed by atoms with Crippen LogP contribution in [0, 0.1) is 5.82 Å². The van der Waals surface area contributed by atoms with E-state index in [-0.39, 0.29) is 16.8 Å². The number of pyridine rings is 1. The van der Waals surface area contributed by atoms with Crippen molar-refractivity contribution in [3.8, 4) is 0 Å². The topological polar surface area (TPSA) is 58.8 Å². The predicted octanol–water partition coefficient (Wildman–Crippen LogP) is 3.13. The molecule has 0 aliphatic rings. The third-order valence-corrected chi connectivity index (χ3v) is 4.37. The zero-order valence-corrected chi connectivity index (χ0v) is 12.2. The number of aromatic carboxylic acids is 1. The Kier molecular flexibility index (Phi) is 3.43. The lowest BCUT2D eigenvalue weighted by Crippen LogP contribution is -2.17. The molecule has 0 saturated heterocycles. The highest BCUT2D eigenvalue weighted by Crippen LogP contribution is 2.24. The van der Waals surface area contributed by atoms with E-state index in [9.17, 15) is 19.1 Å². The molecule has 0 atom stereocenters. The van der Waals surface area contributed by atoms with Crippen molar-refractivity contribution in [1.29, 1.82) is 0 Å². The number of rotatable bonds is 3. The maximum absolute atomic E-state index is 14.0. The number of carbonyl (C=O) groups is 1. The second-order valence-electron chi connectivity index (χ2n) is 4.49. The zero-order chi connectivity index (χ0) is 15.1. The highest BCUT2D eigenvalue weighted by atomic mass is 35.5. The Morgan fingerprint density at radius 2 is 2.19 bits per heavy atom. The number of halogens is 2. The summed E-state index contributed by atoms with van der Waals surface area (Å²) in [7, 11) is 0. The van der Waals surface area contributed by atoms with Crippen LogP contribution >= 0.6 is 22.9 Å². The van der Waals surface area contributed by atoms with Crippen LogP contribution < -0.4 is 5.43 Å². The van der Waals surface area contributed by atoms with Crippen LogP contribution in [0.1, 0.15) is 15.9 Å². The molecule has 0 unspecified atom stereocenters. The van der Waals surface area contributed by atoms with Gasteiger partial charge in [-0.05, 0) is 24.1 Å². The second kappa shape index (κ2) is 5.13. The molecular formula is C14H9ClFNO3S. The van der Waals surface area contributed by atoms with Crippen molar-refractivity contribution >= 4 is 44.6 Å². The second-order valence-corrected chi connectivity index (χ2v) is 5.76. The number of aromatic nitrogens is 1. The molecule has 0 spiro atoms. The van der Waals surface area contributed by atoms with E-state index in [4.69, 9.17) is 11.6 Å². The molecule has 2 heterocycles. The number of hydrogen-bond acceptors (Lipinski definition) is 3. The molecule has 0 amide bonds. The van der Waals surface area contributed by atoms with Gasteiger partial charge in [0.05, 0.1) is 5.52 Å². The minimum Gasteiger partial charge on any atom is -0.477 e. The molecule has 3 aromatic rings. The van der Waals surface area contributed by atoms with Crippen molar-refractivity contribution in [1.82, 2.24) is 4.40 Å². The minimum absolute atomic E-state index is 0.0547. The first-order valence-electron chi connectivity index (χ1n) is 6.07. The SMILES string of the molecule is O=C(O)c1c(=O)c2cc(F)c(CCCl)cc2n2ccsc12. The molecule has 0 radical (unpaired) electrons. The fourth-order valence-corrected chi connectivity index (χ4v) is 3.44. The maximum atomic E-state index is 14.0. The number of carboxylic acids is 1. The van der Waals surface area contributed by atoms with Crippen molar-refractivity contribution < 1.29 is 14.3 Å². The van der Waals surface area contributed by atoms with Crippen molar-refractivity contribution in [3.05, 3.63) is 50.9 Å². The lowest BCUT2D eigenvalue weighted by atomic mass is 10.1. The third kappa shape index (κ3) is 2.11. The molecule has 0 aliphatic heterocycles. The average Bonchev–Trinajstić information content (AvgIpc) is 2.89. The molecule has 0 fully saturated rings. The van der Waals surface area contributed by atoms with Gasteiger partial charge in [-0.15, -0.1) is 22.9 Å². The third-order valence-electron chi connectivity index (χ3n) is 3.30. The summed E-state index contributed by atoms with van der Waals surface area (Å²) in [4.78, 5) is 24.0. The van der Waals surface area contributed by atoms with Gasteiger partial charge >= 0.3 is 5.97 Å². The van der Waals surface area contributed by atoms with Crippen LogP contribution in [-0.2, 0) is 6.42 Å². The van der Waals surface area contributed by atoms with E-state index in [0.717, 1.165) is 17.4 Å². The molecule has 2 aromatic heterocycles. The van der Waals surface area contributed by atoms with E-state index in [1.165, 1.54) is 0 Å². The van der Waals surface area contributed by atoms with E-state index >= 15 is 0 Å². The van der Waals surface area contributed by atoms with Gasteiger partial charge in [0.15, 0.2) is 0 Å². The first-order valence-corrected chi connectivity index (χ1v) is 7.49. The van der Waals surface area contributed by atoms with E-state index in [1.807, 2.05) is 0 Å². The first kappa shape index (κ1) is 14.0. The summed E-state index contributed by atoms with van der Waals surface area (Å²) in [5, 5.41) is 11.0. The van der Waals surface area contributed by atoms with Crippen molar-refractivity contribution in [3.63, 3.8) is 0 Å². The van der Waals surface area contributed by atoms with Crippen molar-refractivity contribution in [2.45, 2.75) is 6.42 Å². The van der Waals surface area contributed by atoms with Crippen LogP contribution in [0.3, 0.4) is 0 Å². The van der Waals surface area contributed by atoms with E-state index in [2.05, 4.69) is 0 Å². The van der Waals surface area contributed by atoms with E-state index < -0.39 is 17.2 Å². The molecular weight excluding hydrogens is 317 g/mol. The van der Waals surface area contributed by atoms with Crippen LogP contribution in [0.2, 0.25) is 0 Å². The number of nitrogens with zero attached hydrogens (tertiary/aromatic N) is 1. The van der Waals surface area contributed by atoms with E-state index in [0.29, 0.717) is 22.3 Å². The number of benzene rings is 1. The summed E-state index contributed by atoms with van der Waals surface area (Å²) < 4.78 is 15.6. The maximum Gasteiger partial charge on any atom is 0.342 e. The summed E-state index contributed by atoms with van der Waals surface area (Å²) >= 11 is 6.80. The molecule has 108 valence electrons. The molecule has 1 aromatic carbocycles. The molecule has 21 heavy (non-hydrogen) atoms. The van der Waals surface area contributed by atoms with Gasteiger partial charge in [-0.25, -0.2) is 9.18 Å². The monoisotopic (exact) mass is 325 g/mol. The largest absolute Gasteiger partial charge is 0.477 e. The van der Waals surface area contributed by atoms with Gasteiger partial charge in [-0.3, -0.25) is 4.79 Å². The number of carboxylic acid groups (broad SMARTS) is 1. The van der Waals surface area contributed by atoms with Gasteiger partial charge in [0.25, 0.3) is 0 Å². The van der Waals surface area contributed by atoms with Crippen molar-refractivity contribution in [2.75, 3.05) is 5.88 Å². The minimum atomic E-state index is -1.31. The average molecular weight is 326 g/mol. The Morgan fingerprint density at radius 1 is 1.43 bits per heavy atom. The van der Waals surface area contributed by atoms with Gasteiger partial charge in [0.1, 0.15) is 16.2 Å². The molecule has 7 heteroatoms. The van der Waals surface area contributed by atoms with E-state index in [1.54, 1.807) is 22.0 Å². The lowest BCUT2D eigenvalue weighted by Gasteiger charge is -2.08. The smallest absolute Gasteiger partial charge is 0.342 e. The number of alkyl halides is 1. The molecule has 0 bridgehead atoms. The first-order chi connectivity index (χ1) is 10.0. The quantitative estimate of drug-likeness (QED) is 0.753. The Morgan fingerprint density at radius 3 is 2.86 bits per heavy atom. The molecule has 4 nitrogen and oxygen atoms in total. The fraction of sp³-hybridized carbons (Fsp3) is 0.143. The van der Waals surface area contributed by atoms with Crippen LogP contribution in [0.5, 0.6) is 0 Å². The van der Waals surface area contributed by atoms with Gasteiger partial charge in [-0.1, -0.05) is 0 Å². The van der Waals surface area contributed by atoms with Crippen LogP contribution in [0.15, 0.2) is 28.5 Å². The lowest BCUT2D eigenvalue weighted by molar-refractivity contribution is 0.0697. The fourth-order valence-electron chi connectivity index (χ4n) is 2.35. The summed E-state index contributed by atoms with van der Waals surface area (Å²) in [5.74, 6) is -1.60. The Balaban J connectivity index is 2.52. The van der Waals surface area contributed by atoms with Gasteiger partial charge in [0, 0.05) is 22.8 Å². The van der Waals surface area contributed by atoms with Gasteiger partial charge in [-0.2, -0.15) is 0 Å². The zero-order valence-electron chi connectivity index (χ0n) is 10.6. The molecule has 3 rings (SSSR count). The highest BCUT2D eigenvalue weighted by molar-refractivity contribution is 7.16. The molecule has 0 saturated carbocycles. The van der Waals surface area contributed by atoms with Crippen LogP contribution in [0.25, 0.3) is 15.7 Å². The molecule has 1 N–H and O–H groups in total. The summed E-state index contributed by atoms with van der Waals surface area (Å²) in [6, 6.07) is 2.65. The number of thiazole rings is 1. The highest BCUT2D eigenvalue weighted by Gasteiger charge is 2.20.